The first-order valence-electron chi connectivity index (χ1n) is 12.0. The highest BCUT2D eigenvalue weighted by atomic mass is 16.5. The van der Waals surface area contributed by atoms with Gasteiger partial charge in [-0.3, -0.25) is 4.79 Å². The number of ether oxygens (including phenoxy) is 1. The van der Waals surface area contributed by atoms with Crippen LogP contribution in [-0.4, -0.2) is 36.5 Å². The highest BCUT2D eigenvalue weighted by Crippen LogP contribution is 2.17. The Morgan fingerprint density at radius 1 is 1.10 bits per heavy atom. The van der Waals surface area contributed by atoms with Gasteiger partial charge < -0.3 is 15.0 Å². The first-order valence-corrected chi connectivity index (χ1v) is 12.0. The fourth-order valence-electron chi connectivity index (χ4n) is 3.58. The Hall–Kier alpha value is -1.81. The summed E-state index contributed by atoms with van der Waals surface area (Å²) in [5.74, 6) is 0.705. The quantitative estimate of drug-likeness (QED) is 0.392. The van der Waals surface area contributed by atoms with E-state index in [1.807, 2.05) is 12.1 Å². The molecular formula is C26H44N2O2. The molecule has 4 heteroatoms. The number of allylic oxidation sites excluding steroid dienone is 1. The molecule has 4 nitrogen and oxygen atoms in total. The molecule has 0 bridgehead atoms. The summed E-state index contributed by atoms with van der Waals surface area (Å²) in [5, 5.41) is 2.82. The van der Waals surface area contributed by atoms with Crippen LogP contribution in [-0.2, 0) is 0 Å². The fourth-order valence-corrected chi connectivity index (χ4v) is 3.58. The standard InChI is InChI=1S/C20H30N2O2.C6H14/c1-4-7-16(2)21-20(23)18-9-11-19(12-10-18)24-15-6-14-22-13-5-8-17(22)3;1-3-5-6-4-2/h9-12,17H,2,4-8,13-15H2,1,3H3,(H,21,23);3-6H2,1-2H3. The van der Waals surface area contributed by atoms with E-state index in [1.165, 1.54) is 45.1 Å². The summed E-state index contributed by atoms with van der Waals surface area (Å²) < 4.78 is 5.78. The molecule has 1 N–H and O–H groups in total. The van der Waals surface area contributed by atoms with Crippen molar-refractivity contribution in [1.29, 1.82) is 0 Å². The minimum atomic E-state index is -0.108. The van der Waals surface area contributed by atoms with Crippen LogP contribution in [0.1, 0.15) is 95.8 Å². The van der Waals surface area contributed by atoms with Crippen molar-refractivity contribution in [3.63, 3.8) is 0 Å². The van der Waals surface area contributed by atoms with E-state index in [0.717, 1.165) is 37.3 Å². The van der Waals surface area contributed by atoms with E-state index in [4.69, 9.17) is 4.74 Å². The van der Waals surface area contributed by atoms with Gasteiger partial charge in [-0.1, -0.05) is 59.5 Å². The number of nitrogens with zero attached hydrogens (tertiary/aromatic N) is 1. The summed E-state index contributed by atoms with van der Waals surface area (Å²) in [6.45, 7) is 15.7. The second-order valence-electron chi connectivity index (χ2n) is 8.27. The van der Waals surface area contributed by atoms with Gasteiger partial charge in [-0.2, -0.15) is 0 Å². The Morgan fingerprint density at radius 2 is 1.77 bits per heavy atom. The Bertz CT molecular complexity index is 594. The minimum Gasteiger partial charge on any atom is -0.494 e. The van der Waals surface area contributed by atoms with Gasteiger partial charge >= 0.3 is 0 Å². The normalized spacial score (nSPS) is 15.9. The molecular weight excluding hydrogens is 372 g/mol. The molecule has 0 aromatic heterocycles. The number of carbonyl (C=O) groups is 1. The molecule has 0 saturated carbocycles. The topological polar surface area (TPSA) is 41.6 Å². The maximum atomic E-state index is 12.1. The smallest absolute Gasteiger partial charge is 0.255 e. The molecule has 1 fully saturated rings. The van der Waals surface area contributed by atoms with Crippen molar-refractivity contribution < 1.29 is 9.53 Å². The average Bonchev–Trinajstić information content (AvgIpc) is 3.15. The number of likely N-dealkylation sites (tertiary alicyclic amines) is 1. The number of hydrogen-bond acceptors (Lipinski definition) is 3. The Morgan fingerprint density at radius 3 is 2.30 bits per heavy atom. The fraction of sp³-hybridized carbons (Fsp3) is 0.654. The van der Waals surface area contributed by atoms with Crippen LogP contribution < -0.4 is 10.1 Å². The number of nitrogens with one attached hydrogen (secondary N) is 1. The molecule has 0 radical (unpaired) electrons. The molecule has 1 heterocycles. The first-order chi connectivity index (χ1) is 14.5. The van der Waals surface area contributed by atoms with Gasteiger partial charge in [0.15, 0.2) is 0 Å². The molecule has 1 atom stereocenters. The number of unbranched alkanes of at least 4 members (excludes halogenated alkanes) is 3. The lowest BCUT2D eigenvalue weighted by atomic mass is 10.2. The predicted octanol–water partition coefficient (Wildman–Crippen LogP) is 6.57. The van der Waals surface area contributed by atoms with Crippen LogP contribution in [0.2, 0.25) is 0 Å². The van der Waals surface area contributed by atoms with Crippen molar-refractivity contribution >= 4 is 5.91 Å². The SMILES string of the molecule is C=C(CCC)NC(=O)c1ccc(OCCCN2CCCC2C)cc1.CCCCCC. The van der Waals surface area contributed by atoms with Crippen molar-refractivity contribution in [3.05, 3.63) is 42.1 Å². The third kappa shape index (κ3) is 10.8. The zero-order chi connectivity index (χ0) is 22.2. The van der Waals surface area contributed by atoms with Crippen LogP contribution in [0.15, 0.2) is 36.5 Å². The van der Waals surface area contributed by atoms with Crippen LogP contribution >= 0.6 is 0 Å². The minimum absolute atomic E-state index is 0.108. The maximum Gasteiger partial charge on any atom is 0.255 e. The number of benzene rings is 1. The summed E-state index contributed by atoms with van der Waals surface area (Å²) in [6, 6.07) is 8.02. The predicted molar refractivity (Wildman–Crippen MR) is 128 cm³/mol. The maximum absolute atomic E-state index is 12.1. The summed E-state index contributed by atoms with van der Waals surface area (Å²) in [4.78, 5) is 14.6. The van der Waals surface area contributed by atoms with Crippen molar-refractivity contribution in [2.24, 2.45) is 0 Å². The van der Waals surface area contributed by atoms with Crippen LogP contribution in [0.3, 0.4) is 0 Å². The second kappa shape index (κ2) is 16.0. The van der Waals surface area contributed by atoms with Crippen LogP contribution in [0.25, 0.3) is 0 Å². The molecule has 30 heavy (non-hydrogen) atoms. The van der Waals surface area contributed by atoms with E-state index in [9.17, 15) is 4.79 Å². The summed E-state index contributed by atoms with van der Waals surface area (Å²) in [7, 11) is 0. The van der Waals surface area contributed by atoms with E-state index in [2.05, 4.69) is 44.5 Å². The number of rotatable bonds is 12. The lowest BCUT2D eigenvalue weighted by Gasteiger charge is -2.20. The molecule has 1 aliphatic heterocycles. The van der Waals surface area contributed by atoms with E-state index in [-0.39, 0.29) is 5.91 Å². The van der Waals surface area contributed by atoms with Gasteiger partial charge in [0.1, 0.15) is 5.75 Å². The molecule has 1 aliphatic rings. The summed E-state index contributed by atoms with van der Waals surface area (Å²) >= 11 is 0. The summed E-state index contributed by atoms with van der Waals surface area (Å²) in [5.41, 5.74) is 1.39. The van der Waals surface area contributed by atoms with Gasteiger partial charge in [0.25, 0.3) is 5.91 Å². The molecule has 1 unspecified atom stereocenters. The van der Waals surface area contributed by atoms with Crippen LogP contribution in [0.5, 0.6) is 5.75 Å². The van der Waals surface area contributed by atoms with Crippen LogP contribution in [0.4, 0.5) is 0 Å². The zero-order valence-electron chi connectivity index (χ0n) is 19.8. The molecule has 170 valence electrons. The lowest BCUT2D eigenvalue weighted by Crippen LogP contribution is -2.28. The third-order valence-electron chi connectivity index (χ3n) is 5.46. The molecule has 1 amide bonds. The van der Waals surface area contributed by atoms with Gasteiger partial charge in [0, 0.05) is 23.8 Å². The van der Waals surface area contributed by atoms with Crippen molar-refractivity contribution in [3.8, 4) is 5.75 Å². The Balaban J connectivity index is 0.000000656. The molecule has 1 aromatic carbocycles. The number of hydrogen-bond donors (Lipinski definition) is 1. The van der Waals surface area contributed by atoms with Crippen molar-refractivity contribution in [1.82, 2.24) is 10.2 Å². The Labute approximate surface area is 185 Å². The lowest BCUT2D eigenvalue weighted by molar-refractivity contribution is 0.0964. The van der Waals surface area contributed by atoms with E-state index < -0.39 is 0 Å². The third-order valence-corrected chi connectivity index (χ3v) is 5.46. The van der Waals surface area contributed by atoms with Gasteiger partial charge in [0.05, 0.1) is 6.61 Å². The van der Waals surface area contributed by atoms with Crippen LogP contribution in [0, 0.1) is 0 Å². The Kier molecular flexibility index (Phi) is 13.9. The van der Waals surface area contributed by atoms with E-state index in [1.54, 1.807) is 12.1 Å². The molecule has 1 aromatic rings. The zero-order valence-corrected chi connectivity index (χ0v) is 19.8. The monoisotopic (exact) mass is 416 g/mol. The van der Waals surface area contributed by atoms with Gasteiger partial charge in [-0.05, 0) is 63.4 Å². The highest BCUT2D eigenvalue weighted by Gasteiger charge is 2.19. The van der Waals surface area contributed by atoms with E-state index >= 15 is 0 Å². The van der Waals surface area contributed by atoms with Crippen molar-refractivity contribution in [2.45, 2.75) is 91.5 Å². The van der Waals surface area contributed by atoms with Gasteiger partial charge in [0.2, 0.25) is 0 Å². The average molecular weight is 417 g/mol. The van der Waals surface area contributed by atoms with E-state index in [0.29, 0.717) is 18.2 Å². The first kappa shape index (κ1) is 26.2. The molecule has 0 aliphatic carbocycles. The second-order valence-corrected chi connectivity index (χ2v) is 8.27. The molecule has 1 saturated heterocycles. The van der Waals surface area contributed by atoms with Crippen molar-refractivity contribution in [2.75, 3.05) is 19.7 Å². The van der Waals surface area contributed by atoms with Gasteiger partial charge in [-0.25, -0.2) is 0 Å². The summed E-state index contributed by atoms with van der Waals surface area (Å²) in [6.07, 6.45) is 11.0. The van der Waals surface area contributed by atoms with Gasteiger partial charge in [-0.15, -0.1) is 0 Å². The number of carbonyl (C=O) groups excluding carboxylic acids is 1. The number of amides is 1. The largest absolute Gasteiger partial charge is 0.494 e. The highest BCUT2D eigenvalue weighted by molar-refractivity contribution is 5.95. The molecule has 2 rings (SSSR count). The molecule has 0 spiro atoms.